The molecule has 1 amide bonds. The van der Waals surface area contributed by atoms with E-state index < -0.39 is 0 Å². The van der Waals surface area contributed by atoms with Gasteiger partial charge < -0.3 is 30.2 Å². The van der Waals surface area contributed by atoms with Crippen molar-refractivity contribution in [3.63, 3.8) is 0 Å². The molecule has 150 valence electrons. The molecule has 0 radical (unpaired) electrons. The lowest BCUT2D eigenvalue weighted by molar-refractivity contribution is 0.0962. The molecule has 3 rings (SSSR count). The summed E-state index contributed by atoms with van der Waals surface area (Å²) in [5, 5.41) is 3.72. The quantitative estimate of drug-likeness (QED) is 0.613. The van der Waals surface area contributed by atoms with Crippen LogP contribution in [0.3, 0.4) is 0 Å². The van der Waals surface area contributed by atoms with Crippen LogP contribution >= 0.6 is 11.6 Å². The number of nitrogens with one attached hydrogen (secondary N) is 2. The van der Waals surface area contributed by atoms with Crippen molar-refractivity contribution in [3.05, 3.63) is 40.9 Å². The van der Waals surface area contributed by atoms with Crippen molar-refractivity contribution in [1.82, 2.24) is 10.3 Å². The van der Waals surface area contributed by atoms with E-state index in [1.165, 1.54) is 14.2 Å². The van der Waals surface area contributed by atoms with Crippen LogP contribution in [-0.4, -0.2) is 38.1 Å². The second kappa shape index (κ2) is 8.48. The summed E-state index contributed by atoms with van der Waals surface area (Å²) in [7, 11) is 4.62. The van der Waals surface area contributed by atoms with Crippen molar-refractivity contribution in [1.29, 1.82) is 0 Å². The van der Waals surface area contributed by atoms with Crippen LogP contribution in [0.15, 0.2) is 35.2 Å². The van der Waals surface area contributed by atoms with Crippen LogP contribution in [0.1, 0.15) is 29.8 Å². The minimum atomic E-state index is -0.274. The Morgan fingerprint density at radius 1 is 1.18 bits per heavy atom. The third kappa shape index (κ3) is 3.75. The highest BCUT2D eigenvalue weighted by Crippen LogP contribution is 2.43. The molecular weight excluding hydrogens is 382 g/mol. The zero-order valence-electron chi connectivity index (χ0n) is 16.1. The smallest absolute Gasteiger partial charge is 0.272 e. The number of ether oxygens (including phenoxy) is 3. The largest absolute Gasteiger partial charge is 0.493 e. The maximum absolute atomic E-state index is 12.9. The number of hydrogen-bond acceptors (Lipinski definition) is 5. The van der Waals surface area contributed by atoms with Gasteiger partial charge >= 0.3 is 0 Å². The third-order valence-corrected chi connectivity index (χ3v) is 4.92. The lowest BCUT2D eigenvalue weighted by atomic mass is 9.98. The Morgan fingerprint density at radius 3 is 2.57 bits per heavy atom. The van der Waals surface area contributed by atoms with Crippen LogP contribution in [0.4, 0.5) is 0 Å². The molecule has 0 saturated carbocycles. The highest BCUT2D eigenvalue weighted by atomic mass is 35.5. The van der Waals surface area contributed by atoms with Crippen molar-refractivity contribution in [2.75, 3.05) is 27.2 Å². The summed E-state index contributed by atoms with van der Waals surface area (Å²) < 4.78 is 16.2. The molecular formula is C20H24ClN3O4. The van der Waals surface area contributed by atoms with Gasteiger partial charge in [0.2, 0.25) is 5.75 Å². The molecule has 28 heavy (non-hydrogen) atoms. The number of halogens is 1. The first kappa shape index (κ1) is 19.9. The van der Waals surface area contributed by atoms with Gasteiger partial charge in [0.05, 0.1) is 26.8 Å². The van der Waals surface area contributed by atoms with Gasteiger partial charge in [-0.3, -0.25) is 4.79 Å². The number of carbonyl (C=O) groups is 1. The number of allylic oxidation sites excluding steroid dienone is 3. The number of fused-ring (bicyclic) bond motifs is 1. The van der Waals surface area contributed by atoms with Gasteiger partial charge in [0.15, 0.2) is 11.5 Å². The zero-order chi connectivity index (χ0) is 20.3. The lowest BCUT2D eigenvalue weighted by Gasteiger charge is -2.18. The fourth-order valence-electron chi connectivity index (χ4n) is 3.34. The van der Waals surface area contributed by atoms with Gasteiger partial charge in [0, 0.05) is 22.7 Å². The van der Waals surface area contributed by atoms with E-state index in [1.807, 2.05) is 0 Å². The van der Waals surface area contributed by atoms with Gasteiger partial charge in [-0.15, -0.1) is 11.6 Å². The van der Waals surface area contributed by atoms with E-state index in [0.717, 1.165) is 35.2 Å². The molecule has 1 aromatic carbocycles. The lowest BCUT2D eigenvalue weighted by Crippen LogP contribution is -2.25. The summed E-state index contributed by atoms with van der Waals surface area (Å²) in [5.74, 6) is 1.67. The van der Waals surface area contributed by atoms with Crippen LogP contribution in [0.2, 0.25) is 0 Å². The monoisotopic (exact) mass is 405 g/mol. The summed E-state index contributed by atoms with van der Waals surface area (Å²) in [6, 6.07) is 3.54. The highest BCUT2D eigenvalue weighted by Gasteiger charge is 2.21. The SMILES string of the molecule is COc1cc2cc(C(=O)NC3=C(CCCl)CCC(N)=C3)[nH]c2c(OC)c1OC. The van der Waals surface area contributed by atoms with E-state index >= 15 is 0 Å². The first-order valence-corrected chi connectivity index (χ1v) is 9.42. The highest BCUT2D eigenvalue weighted by molar-refractivity contribution is 6.18. The van der Waals surface area contributed by atoms with Gasteiger partial charge in [-0.2, -0.15) is 0 Å². The molecule has 7 nitrogen and oxygen atoms in total. The van der Waals surface area contributed by atoms with Gasteiger partial charge in [-0.25, -0.2) is 0 Å². The molecule has 1 aliphatic rings. The third-order valence-electron chi connectivity index (χ3n) is 4.74. The molecule has 1 heterocycles. The normalized spacial score (nSPS) is 14.1. The summed E-state index contributed by atoms with van der Waals surface area (Å²) >= 11 is 5.89. The molecule has 0 bridgehead atoms. The second-order valence-electron chi connectivity index (χ2n) is 6.42. The predicted molar refractivity (Wildman–Crippen MR) is 109 cm³/mol. The number of aromatic amines is 1. The minimum absolute atomic E-state index is 0.274. The number of H-pyrrole nitrogens is 1. The van der Waals surface area contributed by atoms with Gasteiger partial charge in [-0.1, -0.05) is 0 Å². The Kier molecular flexibility index (Phi) is 6.04. The molecule has 1 aliphatic carbocycles. The van der Waals surface area contributed by atoms with Crippen molar-refractivity contribution in [2.45, 2.75) is 19.3 Å². The number of amides is 1. The zero-order valence-corrected chi connectivity index (χ0v) is 16.9. The molecule has 0 unspecified atom stereocenters. The van der Waals surface area contributed by atoms with E-state index in [2.05, 4.69) is 10.3 Å². The van der Waals surface area contributed by atoms with E-state index in [-0.39, 0.29) is 5.91 Å². The number of benzene rings is 1. The fourth-order valence-corrected chi connectivity index (χ4v) is 3.57. The molecule has 8 heteroatoms. The number of hydrogen-bond donors (Lipinski definition) is 3. The molecule has 4 N–H and O–H groups in total. The van der Waals surface area contributed by atoms with Crippen molar-refractivity contribution in [3.8, 4) is 17.2 Å². The maximum atomic E-state index is 12.9. The molecule has 0 aliphatic heterocycles. The van der Waals surface area contributed by atoms with Crippen LogP contribution < -0.4 is 25.3 Å². The fraction of sp³-hybridized carbons (Fsp3) is 0.350. The first-order valence-electron chi connectivity index (χ1n) is 8.89. The number of alkyl halides is 1. The average Bonchev–Trinajstić information content (AvgIpc) is 3.12. The predicted octanol–water partition coefficient (Wildman–Crippen LogP) is 3.44. The van der Waals surface area contributed by atoms with E-state index in [4.69, 9.17) is 31.5 Å². The molecule has 0 spiro atoms. The number of methoxy groups -OCH3 is 3. The summed E-state index contributed by atoms with van der Waals surface area (Å²) in [6.07, 6.45) is 4.07. The van der Waals surface area contributed by atoms with E-state index in [9.17, 15) is 4.79 Å². The van der Waals surface area contributed by atoms with Gasteiger partial charge in [0.25, 0.3) is 5.91 Å². The van der Waals surface area contributed by atoms with Crippen molar-refractivity contribution >= 4 is 28.4 Å². The first-order chi connectivity index (χ1) is 13.5. The molecule has 0 saturated heterocycles. The molecule has 2 aromatic rings. The van der Waals surface area contributed by atoms with Gasteiger partial charge in [0.1, 0.15) is 5.69 Å². The van der Waals surface area contributed by atoms with E-state index in [1.54, 1.807) is 25.3 Å². The van der Waals surface area contributed by atoms with Crippen molar-refractivity contribution in [2.24, 2.45) is 5.73 Å². The summed E-state index contributed by atoms with van der Waals surface area (Å²) in [5.41, 5.74) is 9.54. The standard InChI is InChI=1S/C20H24ClN3O4/c1-26-16-9-12-8-15(23-17(12)19(28-3)18(16)27-2)20(25)24-14-10-13(22)5-4-11(14)6-7-21/h8-10,23H,4-7,22H2,1-3H3,(H,24,25). The summed E-state index contributed by atoms with van der Waals surface area (Å²) in [4.78, 5) is 16.0. The topological polar surface area (TPSA) is 98.6 Å². The van der Waals surface area contributed by atoms with Crippen LogP contribution in [0, 0.1) is 0 Å². The van der Waals surface area contributed by atoms with Crippen LogP contribution in [-0.2, 0) is 0 Å². The number of aromatic nitrogens is 1. The van der Waals surface area contributed by atoms with E-state index in [0.29, 0.717) is 40.8 Å². The Morgan fingerprint density at radius 2 is 1.93 bits per heavy atom. The number of nitrogens with two attached hydrogens (primary N) is 1. The van der Waals surface area contributed by atoms with Gasteiger partial charge in [-0.05, 0) is 43.0 Å². The maximum Gasteiger partial charge on any atom is 0.272 e. The minimum Gasteiger partial charge on any atom is -0.493 e. The average molecular weight is 406 g/mol. The Hall–Kier alpha value is -2.80. The molecule has 0 fully saturated rings. The summed E-state index contributed by atoms with van der Waals surface area (Å²) in [6.45, 7) is 0. The van der Waals surface area contributed by atoms with Crippen LogP contribution in [0.25, 0.3) is 10.9 Å². The number of rotatable bonds is 7. The van der Waals surface area contributed by atoms with Crippen LogP contribution in [0.5, 0.6) is 17.2 Å². The van der Waals surface area contributed by atoms with Crippen molar-refractivity contribution < 1.29 is 19.0 Å². The Balaban J connectivity index is 1.98. The Labute approximate surface area is 168 Å². The number of carbonyl (C=O) groups excluding carboxylic acids is 1. The molecule has 0 atom stereocenters. The Bertz CT molecular complexity index is 958. The molecule has 1 aromatic heterocycles. The second-order valence-corrected chi connectivity index (χ2v) is 6.80.